The fourth-order valence-corrected chi connectivity index (χ4v) is 3.91. The molecule has 2 atom stereocenters. The summed E-state index contributed by atoms with van der Waals surface area (Å²) in [5.74, 6) is -0.0505. The summed E-state index contributed by atoms with van der Waals surface area (Å²) in [7, 11) is 0. The zero-order valence-electron chi connectivity index (χ0n) is 15.8. The molecule has 0 saturated heterocycles. The van der Waals surface area contributed by atoms with Crippen molar-refractivity contribution in [2.24, 2.45) is 17.3 Å². The van der Waals surface area contributed by atoms with Crippen LogP contribution in [0.15, 0.2) is 33.4 Å². The SMILES string of the molecule is CCc1ccc(CC)c(-c2nonc2NC(=O)C2C(C=C(Cl)Cl)C2(C)C)c1. The van der Waals surface area contributed by atoms with Gasteiger partial charge in [-0.2, -0.15) is 0 Å². The van der Waals surface area contributed by atoms with E-state index in [0.29, 0.717) is 11.5 Å². The van der Waals surface area contributed by atoms with E-state index in [2.05, 4.69) is 47.7 Å². The number of hydrogen-bond acceptors (Lipinski definition) is 4. The van der Waals surface area contributed by atoms with Gasteiger partial charge in [0.25, 0.3) is 0 Å². The van der Waals surface area contributed by atoms with Crippen molar-refractivity contribution in [1.29, 1.82) is 0 Å². The van der Waals surface area contributed by atoms with Gasteiger partial charge in [-0.3, -0.25) is 4.79 Å². The summed E-state index contributed by atoms with van der Waals surface area (Å²) >= 11 is 11.6. The number of halogens is 2. The lowest BCUT2D eigenvalue weighted by molar-refractivity contribution is -0.118. The molecule has 0 radical (unpaired) electrons. The van der Waals surface area contributed by atoms with Crippen molar-refractivity contribution in [3.05, 3.63) is 39.9 Å². The molecule has 0 aliphatic heterocycles. The highest BCUT2D eigenvalue weighted by Gasteiger charge is 2.60. The van der Waals surface area contributed by atoms with Crippen LogP contribution in [0.5, 0.6) is 0 Å². The first-order valence-electron chi connectivity index (χ1n) is 9.08. The molecule has 27 heavy (non-hydrogen) atoms. The molecule has 144 valence electrons. The van der Waals surface area contributed by atoms with E-state index in [0.717, 1.165) is 24.0 Å². The van der Waals surface area contributed by atoms with E-state index >= 15 is 0 Å². The number of carbonyl (C=O) groups is 1. The smallest absolute Gasteiger partial charge is 0.229 e. The zero-order valence-corrected chi connectivity index (χ0v) is 17.4. The predicted molar refractivity (Wildman–Crippen MR) is 108 cm³/mol. The summed E-state index contributed by atoms with van der Waals surface area (Å²) in [6.45, 7) is 8.20. The maximum atomic E-state index is 12.8. The molecular formula is C20H23Cl2N3O2. The number of amides is 1. The number of nitrogens with zero attached hydrogens (tertiary/aromatic N) is 2. The molecule has 7 heteroatoms. The van der Waals surface area contributed by atoms with Gasteiger partial charge in [0.15, 0.2) is 5.69 Å². The lowest BCUT2D eigenvalue weighted by Crippen LogP contribution is -2.17. The second-order valence-corrected chi connectivity index (χ2v) is 8.44. The summed E-state index contributed by atoms with van der Waals surface area (Å²) in [6.07, 6.45) is 3.47. The molecule has 1 fully saturated rings. The van der Waals surface area contributed by atoms with Gasteiger partial charge < -0.3 is 5.32 Å². The minimum atomic E-state index is -0.234. The van der Waals surface area contributed by atoms with Crippen molar-refractivity contribution in [1.82, 2.24) is 10.3 Å². The van der Waals surface area contributed by atoms with E-state index in [1.54, 1.807) is 6.08 Å². The first-order chi connectivity index (χ1) is 12.8. The Bertz CT molecular complexity index is 885. The molecule has 3 rings (SSSR count). The molecule has 0 bridgehead atoms. The highest BCUT2D eigenvalue weighted by atomic mass is 35.5. The van der Waals surface area contributed by atoms with E-state index in [1.165, 1.54) is 5.56 Å². The van der Waals surface area contributed by atoms with Gasteiger partial charge in [-0.1, -0.05) is 63.0 Å². The molecule has 1 aromatic carbocycles. The van der Waals surface area contributed by atoms with Crippen LogP contribution in [-0.2, 0) is 17.6 Å². The van der Waals surface area contributed by atoms with Crippen LogP contribution in [0, 0.1) is 17.3 Å². The topological polar surface area (TPSA) is 68.0 Å². The first-order valence-corrected chi connectivity index (χ1v) is 9.83. The number of allylic oxidation sites excluding steroid dienone is 1. The van der Waals surface area contributed by atoms with E-state index in [-0.39, 0.29) is 27.6 Å². The molecule has 1 amide bonds. The van der Waals surface area contributed by atoms with Crippen molar-refractivity contribution < 1.29 is 9.42 Å². The predicted octanol–water partition coefficient (Wildman–Crippen LogP) is 5.39. The Balaban J connectivity index is 1.87. The van der Waals surface area contributed by atoms with Gasteiger partial charge in [0.1, 0.15) is 4.49 Å². The number of rotatable bonds is 6. The molecule has 0 spiro atoms. The molecule has 1 aliphatic rings. The third-order valence-corrected chi connectivity index (χ3v) is 5.70. The normalized spacial score (nSPS) is 20.2. The average molecular weight is 408 g/mol. The van der Waals surface area contributed by atoms with Crippen molar-refractivity contribution in [2.45, 2.75) is 40.5 Å². The Hall–Kier alpha value is -1.85. The fourth-order valence-electron chi connectivity index (χ4n) is 3.64. The van der Waals surface area contributed by atoms with Gasteiger partial charge in [-0.15, -0.1) is 0 Å². The van der Waals surface area contributed by atoms with Crippen molar-refractivity contribution in [3.63, 3.8) is 0 Å². The number of aryl methyl sites for hydroxylation is 2. The van der Waals surface area contributed by atoms with Crippen molar-refractivity contribution in [3.8, 4) is 11.3 Å². The number of carbonyl (C=O) groups excluding carboxylic acids is 1. The summed E-state index contributed by atoms with van der Waals surface area (Å²) in [5, 5.41) is 10.9. The number of anilines is 1. The Morgan fingerprint density at radius 3 is 2.63 bits per heavy atom. The molecular weight excluding hydrogens is 385 g/mol. The molecule has 2 aromatic rings. The molecule has 5 nitrogen and oxygen atoms in total. The van der Waals surface area contributed by atoms with Crippen LogP contribution in [-0.4, -0.2) is 16.2 Å². The maximum Gasteiger partial charge on any atom is 0.229 e. The van der Waals surface area contributed by atoms with Gasteiger partial charge in [0.05, 0.1) is 5.92 Å². The largest absolute Gasteiger partial charge is 0.306 e. The third kappa shape index (κ3) is 3.90. The zero-order chi connectivity index (χ0) is 19.8. The Labute approximate surface area is 169 Å². The highest BCUT2D eigenvalue weighted by molar-refractivity contribution is 6.55. The van der Waals surface area contributed by atoms with Crippen LogP contribution in [0.4, 0.5) is 5.82 Å². The molecule has 1 heterocycles. The Morgan fingerprint density at radius 2 is 2.00 bits per heavy atom. The van der Waals surface area contributed by atoms with E-state index in [4.69, 9.17) is 27.8 Å². The van der Waals surface area contributed by atoms with Crippen LogP contribution in [0.3, 0.4) is 0 Å². The van der Waals surface area contributed by atoms with Gasteiger partial charge in [-0.05, 0) is 57.8 Å². The lowest BCUT2D eigenvalue weighted by atomic mass is 9.98. The summed E-state index contributed by atoms with van der Waals surface area (Å²) in [5.41, 5.74) is 3.58. The Morgan fingerprint density at radius 1 is 1.26 bits per heavy atom. The fraction of sp³-hybridized carbons (Fsp3) is 0.450. The minimum absolute atomic E-state index is 0.0135. The van der Waals surface area contributed by atoms with Crippen LogP contribution in [0.25, 0.3) is 11.3 Å². The van der Waals surface area contributed by atoms with E-state index < -0.39 is 0 Å². The lowest BCUT2D eigenvalue weighted by Gasteiger charge is -2.09. The standard InChI is InChI=1S/C20H23Cl2N3O2/c1-5-11-7-8-12(6-2)13(9-11)17-18(25-27-24-17)23-19(26)16-14(10-15(21)22)20(16,3)4/h7-10,14,16H,5-6H2,1-4H3,(H,23,25,26). The van der Waals surface area contributed by atoms with Crippen molar-refractivity contribution in [2.75, 3.05) is 5.32 Å². The second-order valence-electron chi connectivity index (χ2n) is 7.43. The highest BCUT2D eigenvalue weighted by Crippen LogP contribution is 2.60. The van der Waals surface area contributed by atoms with E-state index in [9.17, 15) is 4.79 Å². The second kappa shape index (κ2) is 7.64. The van der Waals surface area contributed by atoms with E-state index in [1.807, 2.05) is 13.8 Å². The van der Waals surface area contributed by atoms with Crippen LogP contribution < -0.4 is 5.32 Å². The van der Waals surface area contributed by atoms with Gasteiger partial charge in [0.2, 0.25) is 11.7 Å². The summed E-state index contributed by atoms with van der Waals surface area (Å²) < 4.78 is 5.13. The van der Waals surface area contributed by atoms with Gasteiger partial charge in [-0.25, -0.2) is 4.63 Å². The summed E-state index contributed by atoms with van der Waals surface area (Å²) in [6, 6.07) is 6.27. The molecule has 1 N–H and O–H groups in total. The molecule has 1 saturated carbocycles. The number of hydrogen-bond donors (Lipinski definition) is 1. The molecule has 1 aromatic heterocycles. The van der Waals surface area contributed by atoms with Crippen LogP contribution in [0.2, 0.25) is 0 Å². The van der Waals surface area contributed by atoms with Gasteiger partial charge in [0, 0.05) is 5.56 Å². The third-order valence-electron chi connectivity index (χ3n) is 5.45. The summed E-state index contributed by atoms with van der Waals surface area (Å²) in [4.78, 5) is 12.8. The van der Waals surface area contributed by atoms with Crippen molar-refractivity contribution >= 4 is 34.9 Å². The number of aromatic nitrogens is 2. The Kier molecular flexibility index (Phi) is 5.63. The quantitative estimate of drug-likeness (QED) is 0.696. The first kappa shape index (κ1) is 19.9. The number of benzene rings is 1. The number of nitrogens with one attached hydrogen (secondary N) is 1. The van der Waals surface area contributed by atoms with Crippen LogP contribution >= 0.6 is 23.2 Å². The van der Waals surface area contributed by atoms with Crippen LogP contribution in [0.1, 0.15) is 38.8 Å². The van der Waals surface area contributed by atoms with Gasteiger partial charge >= 0.3 is 0 Å². The molecule has 2 unspecified atom stereocenters. The monoisotopic (exact) mass is 407 g/mol. The average Bonchev–Trinajstić information content (AvgIpc) is 2.95. The maximum absolute atomic E-state index is 12.8. The molecule has 1 aliphatic carbocycles. The minimum Gasteiger partial charge on any atom is -0.306 e.